The summed E-state index contributed by atoms with van der Waals surface area (Å²) >= 11 is 3.10. The summed E-state index contributed by atoms with van der Waals surface area (Å²) in [5.41, 5.74) is 1.63. The summed E-state index contributed by atoms with van der Waals surface area (Å²) in [7, 11) is -3.69. The molecule has 0 bridgehead atoms. The van der Waals surface area contributed by atoms with Crippen molar-refractivity contribution in [1.82, 2.24) is 9.62 Å². The Balaban J connectivity index is 1.62. The highest BCUT2D eigenvalue weighted by Crippen LogP contribution is 2.25. The molecule has 2 aromatic carbocycles. The van der Waals surface area contributed by atoms with Gasteiger partial charge in [-0.25, -0.2) is 13.1 Å². The second-order valence-electron chi connectivity index (χ2n) is 6.70. The molecule has 0 aliphatic carbocycles. The highest BCUT2D eigenvalue weighted by Gasteiger charge is 2.23. The predicted molar refractivity (Wildman–Crippen MR) is 123 cm³/mol. The first-order chi connectivity index (χ1) is 14.5. The molecule has 1 amide bonds. The largest absolute Gasteiger partial charge is 0.378 e. The number of carbonyl (C=O) groups is 1. The normalized spacial score (nSPS) is 14.6. The minimum absolute atomic E-state index is 0.116. The lowest BCUT2D eigenvalue weighted by Crippen LogP contribution is -2.41. The average Bonchev–Trinajstić information content (AvgIpc) is 2.79. The number of nitrogens with zero attached hydrogens (tertiary/aromatic N) is 1. The molecule has 0 spiro atoms. The molecule has 0 saturated carbocycles. The van der Waals surface area contributed by atoms with E-state index in [0.717, 1.165) is 10.6 Å². The molecule has 6 nitrogen and oxygen atoms in total. The summed E-state index contributed by atoms with van der Waals surface area (Å²) in [5, 5.41) is 0. The smallest absolute Gasteiger partial charge is 0.255 e. The van der Waals surface area contributed by atoms with Crippen molar-refractivity contribution < 1.29 is 17.9 Å². The van der Waals surface area contributed by atoms with Crippen molar-refractivity contribution >= 4 is 39.5 Å². The van der Waals surface area contributed by atoms with Crippen molar-refractivity contribution in [2.24, 2.45) is 0 Å². The first-order valence-electron chi connectivity index (χ1n) is 9.67. The summed E-state index contributed by atoms with van der Waals surface area (Å²) in [6.45, 7) is 2.36. The zero-order valence-electron chi connectivity index (χ0n) is 16.9. The Morgan fingerprint density at radius 2 is 1.87 bits per heavy atom. The molecule has 1 saturated heterocycles. The summed E-state index contributed by atoms with van der Waals surface area (Å²) in [6.07, 6.45) is 1.88. The van der Waals surface area contributed by atoms with Gasteiger partial charge in [-0.15, -0.1) is 11.8 Å². The maximum Gasteiger partial charge on any atom is 0.255 e. The first kappa shape index (κ1) is 23.1. The van der Waals surface area contributed by atoms with Crippen LogP contribution in [-0.2, 0) is 20.5 Å². The van der Waals surface area contributed by atoms with E-state index in [1.807, 2.05) is 24.5 Å². The Hall–Kier alpha value is -1.52. The standard InChI is InChI=1S/C21H26N2O4S3/c1-28-20-8-7-18(15-19(20)21(24)23-10-12-27-13-11-23)30(25,26)22-9-14-29-16-17-5-3-2-4-6-17/h2-8,15,22H,9-14,16H2,1H3. The number of rotatable bonds is 9. The molecular formula is C21H26N2O4S3. The number of hydrogen-bond acceptors (Lipinski definition) is 6. The van der Waals surface area contributed by atoms with Crippen LogP contribution in [0.2, 0.25) is 0 Å². The van der Waals surface area contributed by atoms with Gasteiger partial charge in [-0.05, 0) is 30.0 Å². The first-order valence-corrected chi connectivity index (χ1v) is 13.5. The Labute approximate surface area is 186 Å². The van der Waals surface area contributed by atoms with Crippen LogP contribution in [0.4, 0.5) is 0 Å². The summed E-state index contributed by atoms with van der Waals surface area (Å²) in [5.74, 6) is 1.35. The van der Waals surface area contributed by atoms with Crippen molar-refractivity contribution in [1.29, 1.82) is 0 Å². The predicted octanol–water partition coefficient (Wildman–Crippen LogP) is 3.09. The molecule has 1 aliphatic heterocycles. The van der Waals surface area contributed by atoms with Gasteiger partial charge in [0.05, 0.1) is 23.7 Å². The van der Waals surface area contributed by atoms with E-state index in [9.17, 15) is 13.2 Å². The summed E-state index contributed by atoms with van der Waals surface area (Å²) in [4.78, 5) is 15.5. The van der Waals surface area contributed by atoms with Crippen LogP contribution in [0.25, 0.3) is 0 Å². The highest BCUT2D eigenvalue weighted by atomic mass is 32.2. The molecule has 3 rings (SSSR count). The van der Waals surface area contributed by atoms with Gasteiger partial charge in [-0.2, -0.15) is 11.8 Å². The fourth-order valence-electron chi connectivity index (χ4n) is 3.05. The van der Waals surface area contributed by atoms with E-state index in [2.05, 4.69) is 16.9 Å². The van der Waals surface area contributed by atoms with E-state index in [4.69, 9.17) is 4.74 Å². The third-order valence-corrected chi connectivity index (χ3v) is 7.94. The van der Waals surface area contributed by atoms with E-state index in [1.165, 1.54) is 23.4 Å². The van der Waals surface area contributed by atoms with Crippen LogP contribution in [0.15, 0.2) is 58.3 Å². The molecule has 1 fully saturated rings. The molecule has 2 aromatic rings. The van der Waals surface area contributed by atoms with Crippen molar-refractivity contribution in [3.05, 3.63) is 59.7 Å². The van der Waals surface area contributed by atoms with Crippen molar-refractivity contribution in [3.8, 4) is 0 Å². The second-order valence-corrected chi connectivity index (χ2v) is 10.4. The van der Waals surface area contributed by atoms with Crippen LogP contribution in [0.1, 0.15) is 15.9 Å². The van der Waals surface area contributed by atoms with E-state index in [1.54, 1.807) is 28.8 Å². The van der Waals surface area contributed by atoms with Gasteiger partial charge in [0.1, 0.15) is 0 Å². The molecule has 162 valence electrons. The van der Waals surface area contributed by atoms with Crippen LogP contribution in [0.5, 0.6) is 0 Å². The zero-order chi connectivity index (χ0) is 21.4. The van der Waals surface area contributed by atoms with Crippen LogP contribution < -0.4 is 4.72 Å². The highest BCUT2D eigenvalue weighted by molar-refractivity contribution is 7.98. The van der Waals surface area contributed by atoms with E-state index >= 15 is 0 Å². The van der Waals surface area contributed by atoms with Gasteiger partial charge in [-0.1, -0.05) is 30.3 Å². The number of sulfonamides is 1. The third-order valence-electron chi connectivity index (χ3n) is 4.66. The van der Waals surface area contributed by atoms with Gasteiger partial charge in [0, 0.05) is 36.0 Å². The van der Waals surface area contributed by atoms with Gasteiger partial charge in [0.2, 0.25) is 10.0 Å². The molecule has 0 radical (unpaired) electrons. The third kappa shape index (κ3) is 6.24. The van der Waals surface area contributed by atoms with E-state index in [0.29, 0.717) is 44.2 Å². The maximum atomic E-state index is 12.9. The van der Waals surface area contributed by atoms with Gasteiger partial charge in [0.15, 0.2) is 0 Å². The SMILES string of the molecule is CSc1ccc(S(=O)(=O)NCCSCc2ccccc2)cc1C(=O)N1CCOCC1. The van der Waals surface area contributed by atoms with Crippen LogP contribution >= 0.6 is 23.5 Å². The van der Waals surface area contributed by atoms with Crippen molar-refractivity contribution in [2.45, 2.75) is 15.5 Å². The monoisotopic (exact) mass is 466 g/mol. The number of amides is 1. The van der Waals surface area contributed by atoms with E-state index in [-0.39, 0.29) is 10.8 Å². The fraction of sp³-hybridized carbons (Fsp3) is 0.381. The molecule has 30 heavy (non-hydrogen) atoms. The number of hydrogen-bond donors (Lipinski definition) is 1. The Kier molecular flexibility index (Phi) is 8.64. The van der Waals surface area contributed by atoms with Gasteiger partial charge in [-0.3, -0.25) is 4.79 Å². The maximum absolute atomic E-state index is 12.9. The quantitative estimate of drug-likeness (QED) is 0.452. The minimum Gasteiger partial charge on any atom is -0.378 e. The summed E-state index contributed by atoms with van der Waals surface area (Å²) < 4.78 is 33.4. The lowest BCUT2D eigenvalue weighted by Gasteiger charge is -2.27. The Morgan fingerprint density at radius 3 is 2.57 bits per heavy atom. The topological polar surface area (TPSA) is 75.7 Å². The Morgan fingerprint density at radius 1 is 1.13 bits per heavy atom. The average molecular weight is 467 g/mol. The van der Waals surface area contributed by atoms with Gasteiger partial charge < -0.3 is 9.64 Å². The van der Waals surface area contributed by atoms with Crippen LogP contribution in [-0.4, -0.2) is 64.1 Å². The van der Waals surface area contributed by atoms with Gasteiger partial charge >= 0.3 is 0 Å². The van der Waals surface area contributed by atoms with Crippen molar-refractivity contribution in [3.63, 3.8) is 0 Å². The molecule has 9 heteroatoms. The second kappa shape index (κ2) is 11.2. The van der Waals surface area contributed by atoms with Crippen LogP contribution in [0.3, 0.4) is 0 Å². The zero-order valence-corrected chi connectivity index (χ0v) is 19.3. The number of ether oxygens (including phenoxy) is 1. The molecule has 1 N–H and O–H groups in total. The van der Waals surface area contributed by atoms with Crippen molar-refractivity contribution in [2.75, 3.05) is 44.9 Å². The molecule has 0 unspecified atom stereocenters. The number of nitrogens with one attached hydrogen (secondary N) is 1. The summed E-state index contributed by atoms with van der Waals surface area (Å²) in [6, 6.07) is 14.8. The molecule has 0 aromatic heterocycles. The fourth-order valence-corrected chi connectivity index (χ4v) is 5.63. The number of benzene rings is 2. The Bertz CT molecular complexity index is 946. The van der Waals surface area contributed by atoms with Gasteiger partial charge in [0.25, 0.3) is 5.91 Å². The number of morpholine rings is 1. The lowest BCUT2D eigenvalue weighted by molar-refractivity contribution is 0.0300. The lowest BCUT2D eigenvalue weighted by atomic mass is 10.2. The minimum atomic E-state index is -3.69. The molecular weight excluding hydrogens is 440 g/mol. The molecule has 1 aliphatic rings. The molecule has 0 atom stereocenters. The van der Waals surface area contributed by atoms with Crippen LogP contribution in [0, 0.1) is 0 Å². The number of carbonyl (C=O) groups excluding carboxylic acids is 1. The molecule has 1 heterocycles. The number of thioether (sulfide) groups is 2. The van der Waals surface area contributed by atoms with E-state index < -0.39 is 10.0 Å².